The Hall–Kier alpha value is -2.10. The molecule has 15 heavy (non-hydrogen) atoms. The first-order chi connectivity index (χ1) is 7.31. The molecule has 75 valence electrons. The minimum absolute atomic E-state index is 0.209. The maximum atomic E-state index is 11.2. The molecule has 0 fully saturated rings. The summed E-state index contributed by atoms with van der Waals surface area (Å²) in [4.78, 5) is 11.2. The fourth-order valence-corrected chi connectivity index (χ4v) is 1.20. The number of nitrogens with zero attached hydrogens (tertiary/aromatic N) is 1. The van der Waals surface area contributed by atoms with Crippen molar-refractivity contribution >= 4 is 5.91 Å². The minimum atomic E-state index is -0.281. The average Bonchev–Trinajstić information content (AvgIpc) is 2.78. The van der Waals surface area contributed by atoms with Gasteiger partial charge in [-0.15, -0.1) is 0 Å². The van der Waals surface area contributed by atoms with Crippen LogP contribution in [-0.4, -0.2) is 18.1 Å². The highest BCUT2D eigenvalue weighted by atomic mass is 16.5. The summed E-state index contributed by atoms with van der Waals surface area (Å²) in [6.07, 6.45) is 0. The molecule has 0 saturated heterocycles. The van der Waals surface area contributed by atoms with Crippen LogP contribution in [0, 0.1) is 6.07 Å². The van der Waals surface area contributed by atoms with Crippen LogP contribution in [0.1, 0.15) is 10.6 Å². The molecule has 4 nitrogen and oxygen atoms in total. The van der Waals surface area contributed by atoms with Crippen molar-refractivity contribution in [1.82, 2.24) is 10.5 Å². The normalized spacial score (nSPS) is 9.93. The lowest BCUT2D eigenvalue weighted by Gasteiger charge is -1.91. The van der Waals surface area contributed by atoms with Gasteiger partial charge in [0.25, 0.3) is 5.91 Å². The molecule has 1 radical (unpaired) electrons. The van der Waals surface area contributed by atoms with Gasteiger partial charge in [0.2, 0.25) is 5.76 Å². The highest BCUT2D eigenvalue weighted by Gasteiger charge is 2.11. The lowest BCUT2D eigenvalue weighted by Crippen LogP contribution is -2.16. The van der Waals surface area contributed by atoms with Gasteiger partial charge in [-0.2, -0.15) is 0 Å². The molecular formula is C11H9N2O2. The lowest BCUT2D eigenvalue weighted by atomic mass is 10.1. The smallest absolute Gasteiger partial charge is 0.289 e. The van der Waals surface area contributed by atoms with E-state index in [2.05, 4.69) is 16.5 Å². The summed E-state index contributed by atoms with van der Waals surface area (Å²) < 4.78 is 4.90. The molecule has 4 heteroatoms. The molecule has 2 aromatic rings. The van der Waals surface area contributed by atoms with Crippen LogP contribution in [0.15, 0.2) is 34.9 Å². The zero-order chi connectivity index (χ0) is 10.7. The Morgan fingerprint density at radius 1 is 1.47 bits per heavy atom. The molecular weight excluding hydrogens is 192 g/mol. The van der Waals surface area contributed by atoms with Crippen molar-refractivity contribution in [1.29, 1.82) is 0 Å². The first-order valence-corrected chi connectivity index (χ1v) is 4.46. The van der Waals surface area contributed by atoms with E-state index in [1.54, 1.807) is 25.2 Å². The summed E-state index contributed by atoms with van der Waals surface area (Å²) in [5, 5.41) is 6.27. The lowest BCUT2D eigenvalue weighted by molar-refractivity contribution is 0.0926. The van der Waals surface area contributed by atoms with Crippen LogP contribution in [0.25, 0.3) is 11.3 Å². The van der Waals surface area contributed by atoms with Gasteiger partial charge in [-0.3, -0.25) is 4.79 Å². The summed E-state index contributed by atoms with van der Waals surface area (Å²) in [6, 6.07) is 11.8. The Kier molecular flexibility index (Phi) is 2.49. The monoisotopic (exact) mass is 201 g/mol. The van der Waals surface area contributed by atoms with E-state index in [9.17, 15) is 4.79 Å². The first-order valence-electron chi connectivity index (χ1n) is 4.46. The summed E-state index contributed by atoms with van der Waals surface area (Å²) in [5.41, 5.74) is 1.54. The molecule has 0 aliphatic rings. The highest BCUT2D eigenvalue weighted by Crippen LogP contribution is 2.17. The van der Waals surface area contributed by atoms with Crippen LogP contribution in [0.5, 0.6) is 0 Å². The van der Waals surface area contributed by atoms with Crippen LogP contribution in [0.3, 0.4) is 0 Å². The largest absolute Gasteiger partial charge is 0.352 e. The summed E-state index contributed by atoms with van der Waals surface area (Å²) in [5.74, 6) is -0.0726. The number of carbonyl (C=O) groups is 1. The maximum Gasteiger partial charge on any atom is 0.289 e. The van der Waals surface area contributed by atoms with E-state index in [0.29, 0.717) is 5.69 Å². The Morgan fingerprint density at radius 2 is 2.20 bits per heavy atom. The molecule has 0 spiro atoms. The minimum Gasteiger partial charge on any atom is -0.352 e. The third kappa shape index (κ3) is 1.88. The van der Waals surface area contributed by atoms with Gasteiger partial charge >= 0.3 is 0 Å². The number of nitrogens with one attached hydrogen (secondary N) is 1. The third-order valence-corrected chi connectivity index (χ3v) is 1.98. The van der Waals surface area contributed by atoms with E-state index in [-0.39, 0.29) is 11.7 Å². The number of hydrogen-bond acceptors (Lipinski definition) is 3. The number of carbonyl (C=O) groups excluding carboxylic acids is 1. The van der Waals surface area contributed by atoms with Gasteiger partial charge in [-0.25, -0.2) is 0 Å². The van der Waals surface area contributed by atoms with Gasteiger partial charge in [0.1, 0.15) is 5.69 Å². The van der Waals surface area contributed by atoms with Gasteiger partial charge in [-0.1, -0.05) is 29.4 Å². The predicted molar refractivity (Wildman–Crippen MR) is 54.2 cm³/mol. The van der Waals surface area contributed by atoms with Crippen molar-refractivity contribution in [2.24, 2.45) is 0 Å². The highest BCUT2D eigenvalue weighted by molar-refractivity contribution is 5.92. The molecule has 0 unspecified atom stereocenters. The fraction of sp³-hybridized carbons (Fsp3) is 0.0909. The Morgan fingerprint density at radius 3 is 2.87 bits per heavy atom. The molecule has 1 amide bonds. The van der Waals surface area contributed by atoms with Gasteiger partial charge in [0, 0.05) is 18.7 Å². The van der Waals surface area contributed by atoms with Crippen LogP contribution in [-0.2, 0) is 0 Å². The second-order valence-corrected chi connectivity index (χ2v) is 2.94. The summed E-state index contributed by atoms with van der Waals surface area (Å²) >= 11 is 0. The molecule has 1 aromatic heterocycles. The Balaban J connectivity index is 2.32. The number of hydrogen-bond donors (Lipinski definition) is 1. The number of aromatic nitrogens is 1. The van der Waals surface area contributed by atoms with Gasteiger partial charge in [0.15, 0.2) is 0 Å². The summed E-state index contributed by atoms with van der Waals surface area (Å²) in [6.45, 7) is 0. The van der Waals surface area contributed by atoms with Crippen molar-refractivity contribution < 1.29 is 9.32 Å². The van der Waals surface area contributed by atoms with E-state index in [0.717, 1.165) is 5.56 Å². The van der Waals surface area contributed by atoms with E-state index in [1.165, 1.54) is 0 Å². The van der Waals surface area contributed by atoms with Crippen LogP contribution < -0.4 is 5.32 Å². The number of rotatable bonds is 2. The standard InChI is InChI=1S/C11H9N2O2/c1-12-11(14)10-7-9(13-15-10)8-5-3-2-4-6-8/h3-7H,1H3,(H,12,14). The summed E-state index contributed by atoms with van der Waals surface area (Å²) in [7, 11) is 1.54. The van der Waals surface area contributed by atoms with Crippen LogP contribution in [0.2, 0.25) is 0 Å². The van der Waals surface area contributed by atoms with E-state index >= 15 is 0 Å². The predicted octanol–water partition coefficient (Wildman–Crippen LogP) is 1.50. The number of benzene rings is 1. The van der Waals surface area contributed by atoms with Crippen molar-refractivity contribution in [2.45, 2.75) is 0 Å². The second kappa shape index (κ2) is 3.96. The number of amides is 1. The third-order valence-electron chi connectivity index (χ3n) is 1.98. The van der Waals surface area contributed by atoms with E-state index < -0.39 is 0 Å². The average molecular weight is 201 g/mol. The molecule has 0 saturated carbocycles. The van der Waals surface area contributed by atoms with Gasteiger partial charge in [-0.05, 0) is 6.07 Å². The SMILES string of the molecule is CNC(=O)c1cc(-c2cc[c]cc2)no1. The Bertz CT molecular complexity index is 462. The molecule has 0 aliphatic carbocycles. The van der Waals surface area contributed by atoms with Crippen LogP contribution in [0.4, 0.5) is 0 Å². The fourth-order valence-electron chi connectivity index (χ4n) is 1.20. The van der Waals surface area contributed by atoms with E-state index in [4.69, 9.17) is 4.52 Å². The maximum absolute atomic E-state index is 11.2. The van der Waals surface area contributed by atoms with Crippen molar-refractivity contribution in [3.63, 3.8) is 0 Å². The first kappa shape index (κ1) is 9.45. The topological polar surface area (TPSA) is 55.1 Å². The quantitative estimate of drug-likeness (QED) is 0.801. The van der Waals surface area contributed by atoms with Crippen molar-refractivity contribution in [3.8, 4) is 11.3 Å². The van der Waals surface area contributed by atoms with Crippen molar-refractivity contribution in [2.75, 3.05) is 7.05 Å². The molecule has 1 heterocycles. The molecule has 0 bridgehead atoms. The van der Waals surface area contributed by atoms with Crippen LogP contribution >= 0.6 is 0 Å². The van der Waals surface area contributed by atoms with E-state index in [1.807, 2.05) is 12.1 Å². The zero-order valence-electron chi connectivity index (χ0n) is 8.15. The van der Waals surface area contributed by atoms with Crippen molar-refractivity contribution in [3.05, 3.63) is 42.2 Å². The Labute approximate surface area is 86.9 Å². The molecule has 2 rings (SSSR count). The second-order valence-electron chi connectivity index (χ2n) is 2.94. The molecule has 0 atom stereocenters. The molecule has 1 N–H and O–H groups in total. The van der Waals surface area contributed by atoms with Gasteiger partial charge in [0.05, 0.1) is 0 Å². The molecule has 0 aliphatic heterocycles. The molecule has 1 aromatic carbocycles. The van der Waals surface area contributed by atoms with Gasteiger partial charge < -0.3 is 9.84 Å². The zero-order valence-corrected chi connectivity index (χ0v) is 8.15.